The van der Waals surface area contributed by atoms with Crippen molar-refractivity contribution in [3.05, 3.63) is 29.3 Å². The highest BCUT2D eigenvalue weighted by Gasteiger charge is 2.22. The van der Waals surface area contributed by atoms with Crippen molar-refractivity contribution in [2.45, 2.75) is 44.5 Å². The van der Waals surface area contributed by atoms with Gasteiger partial charge >= 0.3 is 0 Å². The van der Waals surface area contributed by atoms with Gasteiger partial charge in [-0.05, 0) is 44.4 Å². The number of hydrogen-bond acceptors (Lipinski definition) is 7. The van der Waals surface area contributed by atoms with Gasteiger partial charge in [0.15, 0.2) is 4.34 Å². The third kappa shape index (κ3) is 5.93. The molecule has 0 unspecified atom stereocenters. The van der Waals surface area contributed by atoms with E-state index >= 15 is 0 Å². The van der Waals surface area contributed by atoms with E-state index in [1.807, 2.05) is 45.9 Å². The van der Waals surface area contributed by atoms with Crippen LogP contribution >= 0.6 is 23.1 Å². The molecule has 0 aliphatic rings. The van der Waals surface area contributed by atoms with Gasteiger partial charge in [-0.3, -0.25) is 9.59 Å². The molecule has 1 aromatic carbocycles. The van der Waals surface area contributed by atoms with E-state index in [-0.39, 0.29) is 30.2 Å². The summed E-state index contributed by atoms with van der Waals surface area (Å²) in [5, 5.41) is 10.9. The first-order valence-corrected chi connectivity index (χ1v) is 10.5. The zero-order chi connectivity index (χ0) is 20.0. The first kappa shape index (κ1) is 21.2. The van der Waals surface area contributed by atoms with E-state index in [2.05, 4.69) is 15.5 Å². The predicted molar refractivity (Wildman–Crippen MR) is 111 cm³/mol. The van der Waals surface area contributed by atoms with Crippen molar-refractivity contribution in [2.24, 2.45) is 0 Å². The number of nitrogens with zero attached hydrogens (tertiary/aromatic N) is 3. The molecular formula is C18H25N5O2S2. The highest BCUT2D eigenvalue weighted by molar-refractivity contribution is 8.01. The number of rotatable bonds is 8. The lowest BCUT2D eigenvalue weighted by Gasteiger charge is -2.28. The van der Waals surface area contributed by atoms with Crippen LogP contribution in [0.3, 0.4) is 0 Å². The topological polar surface area (TPSA) is 101 Å². The maximum absolute atomic E-state index is 12.7. The number of nitrogen functional groups attached to an aromatic ring is 1. The van der Waals surface area contributed by atoms with Crippen molar-refractivity contribution in [3.8, 4) is 0 Å². The van der Waals surface area contributed by atoms with Crippen molar-refractivity contribution in [1.29, 1.82) is 0 Å². The lowest BCUT2D eigenvalue weighted by molar-refractivity contribution is -0.134. The molecule has 7 nitrogen and oxygen atoms in total. The number of carbonyl (C=O) groups is 2. The van der Waals surface area contributed by atoms with Gasteiger partial charge in [-0.1, -0.05) is 42.2 Å². The fraction of sp³-hybridized carbons (Fsp3) is 0.444. The Morgan fingerprint density at radius 3 is 2.70 bits per heavy atom. The second kappa shape index (κ2) is 9.70. The Bertz CT molecular complexity index is 809. The van der Waals surface area contributed by atoms with Crippen molar-refractivity contribution in [3.63, 3.8) is 0 Å². The second-order valence-corrected chi connectivity index (χ2v) is 8.50. The molecule has 1 atom stereocenters. The first-order valence-electron chi connectivity index (χ1n) is 8.69. The normalized spacial score (nSPS) is 11.9. The summed E-state index contributed by atoms with van der Waals surface area (Å²) >= 11 is 2.53. The number of aromatic nitrogens is 2. The number of thioether (sulfide) groups is 1. The Morgan fingerprint density at radius 2 is 2.07 bits per heavy atom. The highest BCUT2D eigenvalue weighted by atomic mass is 32.2. The summed E-state index contributed by atoms with van der Waals surface area (Å²) in [7, 11) is 0. The van der Waals surface area contributed by atoms with Crippen LogP contribution in [0, 0.1) is 13.8 Å². The number of nitrogens with two attached hydrogens (primary N) is 1. The third-order valence-electron chi connectivity index (χ3n) is 4.38. The van der Waals surface area contributed by atoms with Crippen molar-refractivity contribution in [1.82, 2.24) is 15.1 Å². The van der Waals surface area contributed by atoms with Gasteiger partial charge < -0.3 is 16.0 Å². The number of anilines is 2. The molecule has 0 fully saturated rings. The second-order valence-electron chi connectivity index (χ2n) is 6.27. The Morgan fingerprint density at radius 1 is 1.33 bits per heavy atom. The third-order valence-corrected chi connectivity index (χ3v) is 6.25. The summed E-state index contributed by atoms with van der Waals surface area (Å²) in [6, 6.07) is 5.73. The zero-order valence-corrected chi connectivity index (χ0v) is 17.6. The van der Waals surface area contributed by atoms with Gasteiger partial charge in [-0.15, -0.1) is 10.2 Å². The fourth-order valence-electron chi connectivity index (χ4n) is 2.43. The van der Waals surface area contributed by atoms with Gasteiger partial charge in [0, 0.05) is 11.7 Å². The quantitative estimate of drug-likeness (QED) is 0.652. The molecule has 9 heteroatoms. The summed E-state index contributed by atoms with van der Waals surface area (Å²) in [5.41, 5.74) is 8.46. The van der Waals surface area contributed by atoms with Crippen LogP contribution in [-0.4, -0.2) is 45.3 Å². The molecule has 2 rings (SSSR count). The molecule has 0 bridgehead atoms. The van der Waals surface area contributed by atoms with Gasteiger partial charge in [0.25, 0.3) is 0 Å². The zero-order valence-electron chi connectivity index (χ0n) is 16.0. The van der Waals surface area contributed by atoms with Crippen molar-refractivity contribution < 1.29 is 9.59 Å². The van der Waals surface area contributed by atoms with Crippen molar-refractivity contribution in [2.75, 3.05) is 23.3 Å². The molecule has 0 aliphatic heterocycles. The van der Waals surface area contributed by atoms with Gasteiger partial charge in [0.05, 0.1) is 5.75 Å². The van der Waals surface area contributed by atoms with E-state index in [0.717, 1.165) is 23.2 Å². The molecule has 0 saturated carbocycles. The monoisotopic (exact) mass is 407 g/mol. The minimum Gasteiger partial charge on any atom is -0.374 e. The maximum Gasteiger partial charge on any atom is 0.244 e. The van der Waals surface area contributed by atoms with Crippen LogP contribution in [0.2, 0.25) is 0 Å². The summed E-state index contributed by atoms with van der Waals surface area (Å²) in [6.45, 7) is 7.91. The number of hydrogen-bond donors (Lipinski definition) is 2. The van der Waals surface area contributed by atoms with Crippen molar-refractivity contribution >= 4 is 45.7 Å². The number of benzene rings is 1. The smallest absolute Gasteiger partial charge is 0.244 e. The molecule has 0 spiro atoms. The Hall–Kier alpha value is -2.13. The fourth-order valence-corrected chi connectivity index (χ4v) is 3.95. The van der Waals surface area contributed by atoms with E-state index in [9.17, 15) is 9.59 Å². The molecule has 0 saturated heterocycles. The SMILES string of the molecule is CC[C@@H](C)N(CC(=O)Nc1cccc(C)c1C)C(=O)CSc1nnc(N)s1. The summed E-state index contributed by atoms with van der Waals surface area (Å²) in [5.74, 6) is -0.128. The van der Waals surface area contributed by atoms with Crippen LogP contribution in [0.25, 0.3) is 0 Å². The largest absolute Gasteiger partial charge is 0.374 e. The molecule has 2 amide bonds. The summed E-state index contributed by atoms with van der Waals surface area (Å²) in [6.07, 6.45) is 0.763. The molecular weight excluding hydrogens is 382 g/mol. The molecule has 3 N–H and O–H groups in total. The molecule has 1 heterocycles. The van der Waals surface area contributed by atoms with Crippen LogP contribution in [-0.2, 0) is 9.59 Å². The molecule has 0 radical (unpaired) electrons. The highest BCUT2D eigenvalue weighted by Crippen LogP contribution is 2.24. The maximum atomic E-state index is 12.7. The van der Waals surface area contributed by atoms with Crippen LogP contribution in [0.1, 0.15) is 31.4 Å². The summed E-state index contributed by atoms with van der Waals surface area (Å²) in [4.78, 5) is 26.8. The van der Waals surface area contributed by atoms with Gasteiger partial charge in [0.2, 0.25) is 16.9 Å². The van der Waals surface area contributed by atoms with Crippen LogP contribution in [0.4, 0.5) is 10.8 Å². The average molecular weight is 408 g/mol. The lowest BCUT2D eigenvalue weighted by Crippen LogP contribution is -2.44. The number of nitrogens with one attached hydrogen (secondary N) is 1. The Balaban J connectivity index is 2.01. The molecule has 146 valence electrons. The van der Waals surface area contributed by atoms with Gasteiger partial charge in [0.1, 0.15) is 6.54 Å². The Labute approximate surface area is 167 Å². The molecule has 0 aliphatic carbocycles. The van der Waals surface area contributed by atoms with E-state index in [1.54, 1.807) is 4.90 Å². The number of aryl methyl sites for hydroxylation is 1. The summed E-state index contributed by atoms with van der Waals surface area (Å²) < 4.78 is 0.643. The predicted octanol–water partition coefficient (Wildman–Crippen LogP) is 3.10. The van der Waals surface area contributed by atoms with Gasteiger partial charge in [-0.2, -0.15) is 0 Å². The van der Waals surface area contributed by atoms with Crippen LogP contribution < -0.4 is 11.1 Å². The van der Waals surface area contributed by atoms with E-state index in [4.69, 9.17) is 5.73 Å². The minimum atomic E-state index is -0.206. The van der Waals surface area contributed by atoms with E-state index in [0.29, 0.717) is 9.47 Å². The number of amides is 2. The molecule has 2 aromatic rings. The van der Waals surface area contributed by atoms with Crippen LogP contribution in [0.5, 0.6) is 0 Å². The number of carbonyl (C=O) groups excluding carboxylic acids is 2. The Kier molecular flexibility index (Phi) is 7.61. The average Bonchev–Trinajstić information content (AvgIpc) is 3.06. The van der Waals surface area contributed by atoms with Gasteiger partial charge in [-0.25, -0.2) is 0 Å². The minimum absolute atomic E-state index is 0.0139. The first-order chi connectivity index (χ1) is 12.8. The molecule has 1 aromatic heterocycles. The lowest BCUT2D eigenvalue weighted by atomic mass is 10.1. The van der Waals surface area contributed by atoms with E-state index < -0.39 is 0 Å². The standard InChI is InChI=1S/C18H25N5O2S2/c1-5-12(3)23(16(25)10-26-18-22-21-17(19)27-18)9-15(24)20-14-8-6-7-11(2)13(14)4/h6-8,12H,5,9-10H2,1-4H3,(H2,19,21)(H,20,24)/t12-/m1/s1. The van der Waals surface area contributed by atoms with Crippen LogP contribution in [0.15, 0.2) is 22.5 Å². The van der Waals surface area contributed by atoms with E-state index in [1.165, 1.54) is 23.1 Å². The molecule has 27 heavy (non-hydrogen) atoms.